The lowest BCUT2D eigenvalue weighted by atomic mass is 9.80. The Bertz CT molecular complexity index is 932. The van der Waals surface area contributed by atoms with Gasteiger partial charge >= 0.3 is 0 Å². The van der Waals surface area contributed by atoms with E-state index < -0.39 is 0 Å². The van der Waals surface area contributed by atoms with Crippen molar-refractivity contribution in [1.29, 1.82) is 0 Å². The molecule has 0 atom stereocenters. The Morgan fingerprint density at radius 1 is 0.808 bits per heavy atom. The lowest BCUT2D eigenvalue weighted by Crippen LogP contribution is -2.09. The van der Waals surface area contributed by atoms with Crippen LogP contribution in [0.1, 0.15) is 28.7 Å². The van der Waals surface area contributed by atoms with Crippen LogP contribution in [0.2, 0.25) is 0 Å². The van der Waals surface area contributed by atoms with E-state index in [9.17, 15) is 0 Å². The minimum Gasteiger partial charge on any atom is -0.231 e. The number of fused-ring (bicyclic) bond motifs is 5. The number of nitrogens with zero attached hydrogens (tertiary/aromatic N) is 2. The molecule has 2 aliphatic carbocycles. The van der Waals surface area contributed by atoms with Gasteiger partial charge in [0, 0.05) is 12.4 Å². The number of aromatic nitrogens is 2. The van der Waals surface area contributed by atoms with E-state index in [1.54, 1.807) is 41.3 Å². The number of hydrogen-bond acceptors (Lipinski definition) is 3. The van der Waals surface area contributed by atoms with Crippen molar-refractivity contribution >= 4 is 17.8 Å². The number of benzene rings is 2. The third-order valence-corrected chi connectivity index (χ3v) is 5.58. The summed E-state index contributed by atoms with van der Waals surface area (Å²) >= 11 is 1.55. The molecule has 130 valence electrons. The van der Waals surface area contributed by atoms with E-state index in [4.69, 9.17) is 0 Å². The molecule has 1 heterocycles. The van der Waals surface area contributed by atoms with Crippen LogP contribution < -0.4 is 0 Å². The normalized spacial score (nSPS) is 13.7. The predicted molar refractivity (Wildman–Crippen MR) is 110 cm³/mol. The van der Waals surface area contributed by atoms with Crippen LogP contribution in [0.4, 0.5) is 0 Å². The van der Waals surface area contributed by atoms with E-state index >= 15 is 0 Å². The Kier molecular flexibility index (Phi) is 5.16. The van der Waals surface area contributed by atoms with Crippen molar-refractivity contribution in [2.75, 3.05) is 6.26 Å². The van der Waals surface area contributed by atoms with E-state index in [1.807, 2.05) is 6.26 Å². The standard InChI is InChI=1S/C18H16.C5H6N2S/c1-3-7-15-13(5-1)9-11-18-16-8-4-2-6-14(16)10-12-17(15)18;1-8-5-6-3-2-4-7-5/h1-3,5-7,10,12H,4,8-9,11H2;2-4H,1H3. The fourth-order valence-corrected chi connectivity index (χ4v) is 4.12. The molecule has 0 fully saturated rings. The molecule has 0 bridgehead atoms. The first kappa shape index (κ1) is 17.0. The van der Waals surface area contributed by atoms with Gasteiger partial charge in [0.1, 0.15) is 0 Å². The summed E-state index contributed by atoms with van der Waals surface area (Å²) < 4.78 is 0. The molecule has 0 N–H and O–H groups in total. The van der Waals surface area contributed by atoms with E-state index in [2.05, 4.69) is 58.5 Å². The van der Waals surface area contributed by atoms with E-state index in [0.717, 1.165) is 5.16 Å². The van der Waals surface area contributed by atoms with Crippen molar-refractivity contribution in [2.24, 2.45) is 0 Å². The summed E-state index contributed by atoms with van der Waals surface area (Å²) in [6, 6.07) is 15.3. The van der Waals surface area contributed by atoms with Crippen molar-refractivity contribution in [1.82, 2.24) is 9.97 Å². The van der Waals surface area contributed by atoms with E-state index in [-0.39, 0.29) is 0 Å². The quantitative estimate of drug-likeness (QED) is 0.418. The van der Waals surface area contributed by atoms with E-state index in [1.165, 1.54) is 47.9 Å². The van der Waals surface area contributed by atoms with Crippen LogP contribution in [-0.4, -0.2) is 16.2 Å². The van der Waals surface area contributed by atoms with Crippen molar-refractivity contribution < 1.29 is 0 Å². The summed E-state index contributed by atoms with van der Waals surface area (Å²) in [6.07, 6.45) is 14.8. The Labute approximate surface area is 159 Å². The van der Waals surface area contributed by atoms with Gasteiger partial charge in [-0.25, -0.2) is 9.97 Å². The second kappa shape index (κ2) is 7.88. The van der Waals surface area contributed by atoms with Crippen molar-refractivity contribution in [3.63, 3.8) is 0 Å². The monoisotopic (exact) mass is 358 g/mol. The first-order valence-corrected chi connectivity index (χ1v) is 10.3. The summed E-state index contributed by atoms with van der Waals surface area (Å²) in [5.41, 5.74) is 9.10. The second-order valence-corrected chi connectivity index (χ2v) is 7.27. The molecule has 2 aromatic carbocycles. The molecule has 5 rings (SSSR count). The van der Waals surface area contributed by atoms with Gasteiger partial charge in [-0.2, -0.15) is 0 Å². The lowest BCUT2D eigenvalue weighted by molar-refractivity contribution is 0.887. The maximum atomic E-state index is 3.95. The summed E-state index contributed by atoms with van der Waals surface area (Å²) in [7, 11) is 0. The van der Waals surface area contributed by atoms with Crippen LogP contribution in [-0.2, 0) is 19.3 Å². The van der Waals surface area contributed by atoms with Gasteiger partial charge in [-0.15, -0.1) is 0 Å². The highest BCUT2D eigenvalue weighted by Crippen LogP contribution is 2.38. The molecule has 26 heavy (non-hydrogen) atoms. The molecular weight excluding hydrogens is 336 g/mol. The highest BCUT2D eigenvalue weighted by Gasteiger charge is 2.20. The Balaban J connectivity index is 0.000000178. The molecule has 2 aliphatic rings. The van der Waals surface area contributed by atoms with Crippen LogP contribution in [0.15, 0.2) is 66.1 Å². The SMILES string of the molecule is C1=Cc2ccc3c(c2CC1)CCc1ccccc1-3.CSc1ncccn1. The zero-order chi connectivity index (χ0) is 17.8. The van der Waals surface area contributed by atoms with E-state index in [0.29, 0.717) is 0 Å². The van der Waals surface area contributed by atoms with Gasteiger partial charge in [0.15, 0.2) is 5.16 Å². The van der Waals surface area contributed by atoms with Crippen molar-refractivity contribution in [3.8, 4) is 11.1 Å². The Morgan fingerprint density at radius 3 is 2.46 bits per heavy atom. The zero-order valence-corrected chi connectivity index (χ0v) is 15.8. The topological polar surface area (TPSA) is 25.8 Å². The van der Waals surface area contributed by atoms with Crippen LogP contribution >= 0.6 is 11.8 Å². The molecule has 0 saturated carbocycles. The van der Waals surface area contributed by atoms with Crippen molar-refractivity contribution in [2.45, 2.75) is 30.8 Å². The van der Waals surface area contributed by atoms with Gasteiger partial charge in [0.2, 0.25) is 0 Å². The summed E-state index contributed by atoms with van der Waals surface area (Å²) in [5.74, 6) is 0. The van der Waals surface area contributed by atoms with Gasteiger partial charge in [-0.1, -0.05) is 60.3 Å². The number of allylic oxidation sites excluding steroid dienone is 1. The highest BCUT2D eigenvalue weighted by atomic mass is 32.2. The average molecular weight is 359 g/mol. The predicted octanol–water partition coefficient (Wildman–Crippen LogP) is 5.61. The maximum Gasteiger partial charge on any atom is 0.187 e. The number of rotatable bonds is 1. The first-order valence-electron chi connectivity index (χ1n) is 9.07. The molecular formula is C23H22N2S. The molecule has 0 aliphatic heterocycles. The minimum atomic E-state index is 0.826. The Hall–Kier alpha value is -2.39. The maximum absolute atomic E-state index is 3.95. The van der Waals surface area contributed by atoms with Gasteiger partial charge in [0.25, 0.3) is 0 Å². The zero-order valence-electron chi connectivity index (χ0n) is 15.0. The number of aryl methyl sites for hydroxylation is 1. The molecule has 2 nitrogen and oxygen atoms in total. The fourth-order valence-electron chi connectivity index (χ4n) is 3.79. The largest absolute Gasteiger partial charge is 0.231 e. The molecule has 1 aromatic heterocycles. The summed E-state index contributed by atoms with van der Waals surface area (Å²) in [6.45, 7) is 0. The van der Waals surface area contributed by atoms with Crippen molar-refractivity contribution in [3.05, 3.63) is 83.2 Å². The smallest absolute Gasteiger partial charge is 0.187 e. The number of hydrogen-bond donors (Lipinski definition) is 0. The average Bonchev–Trinajstić information content (AvgIpc) is 2.74. The highest BCUT2D eigenvalue weighted by molar-refractivity contribution is 7.98. The molecule has 0 amide bonds. The summed E-state index contributed by atoms with van der Waals surface area (Å²) in [4.78, 5) is 7.90. The molecule has 3 aromatic rings. The number of thioether (sulfide) groups is 1. The van der Waals surface area contributed by atoms with Crippen LogP contribution in [0.3, 0.4) is 0 Å². The summed E-state index contributed by atoms with van der Waals surface area (Å²) in [5, 5.41) is 0.826. The minimum absolute atomic E-state index is 0.826. The van der Waals surface area contributed by atoms with Gasteiger partial charge in [-0.3, -0.25) is 0 Å². The fraction of sp³-hybridized carbons (Fsp3) is 0.217. The molecule has 0 saturated heterocycles. The lowest BCUT2D eigenvalue weighted by Gasteiger charge is -2.25. The van der Waals surface area contributed by atoms with Crippen LogP contribution in [0.5, 0.6) is 0 Å². The molecule has 3 heteroatoms. The van der Waals surface area contributed by atoms with Crippen LogP contribution in [0, 0.1) is 0 Å². The third kappa shape index (κ3) is 3.45. The second-order valence-electron chi connectivity index (χ2n) is 6.49. The van der Waals surface area contributed by atoms with Gasteiger partial charge in [0.05, 0.1) is 0 Å². The molecule has 0 radical (unpaired) electrons. The Morgan fingerprint density at radius 2 is 1.65 bits per heavy atom. The van der Waals surface area contributed by atoms with Gasteiger partial charge in [-0.05, 0) is 71.4 Å². The molecule has 0 unspecified atom stereocenters. The van der Waals surface area contributed by atoms with Gasteiger partial charge < -0.3 is 0 Å². The first-order chi connectivity index (χ1) is 12.9. The third-order valence-electron chi connectivity index (χ3n) is 5.00. The molecule has 0 spiro atoms. The van der Waals surface area contributed by atoms with Crippen LogP contribution in [0.25, 0.3) is 17.2 Å².